The molecule has 0 aliphatic carbocycles. The Hall–Kier alpha value is -3.37. The summed E-state index contributed by atoms with van der Waals surface area (Å²) in [7, 11) is 0. The van der Waals surface area contributed by atoms with Crippen LogP contribution in [0.3, 0.4) is 0 Å². The summed E-state index contributed by atoms with van der Waals surface area (Å²) in [6.45, 7) is 18.5. The van der Waals surface area contributed by atoms with E-state index in [1.807, 2.05) is 20.8 Å². The highest BCUT2D eigenvalue weighted by Crippen LogP contribution is 2.25. The van der Waals surface area contributed by atoms with Crippen molar-refractivity contribution in [2.45, 2.75) is 111 Å². The molecule has 11 heteroatoms. The van der Waals surface area contributed by atoms with Gasteiger partial charge in [-0.3, -0.25) is 19.4 Å². The number of carbonyl (C=O) groups is 4. The number of hydrogen-bond donors (Lipinski definition) is 2. The normalized spacial score (nSPS) is 19.6. The van der Waals surface area contributed by atoms with E-state index >= 15 is 0 Å². The second-order valence-electron chi connectivity index (χ2n) is 13.6. The Labute approximate surface area is 256 Å². The average Bonchev–Trinajstić information content (AvgIpc) is 2.89. The summed E-state index contributed by atoms with van der Waals surface area (Å²) in [5.41, 5.74) is -0.822. The zero-order valence-electron chi connectivity index (χ0n) is 27.1. The molecule has 2 aliphatic heterocycles. The SMILES string of the molecule is C=C(C=N/C=C(\C)O)[C@H](CC(=O)OC(C)(C)C)NC(=O)[C@@H]1CCCN(C(=O)CCC2CCN(C(=O)OC(C)(C)C)CC2)C1. The first-order valence-electron chi connectivity index (χ1n) is 15.3. The molecule has 0 aromatic heterocycles. The van der Waals surface area contributed by atoms with Crippen LogP contribution >= 0.6 is 0 Å². The smallest absolute Gasteiger partial charge is 0.410 e. The highest BCUT2D eigenvalue weighted by molar-refractivity contribution is 5.87. The van der Waals surface area contributed by atoms with Gasteiger partial charge in [0.1, 0.15) is 17.0 Å². The lowest BCUT2D eigenvalue weighted by molar-refractivity contribution is -0.155. The molecule has 2 heterocycles. The first-order chi connectivity index (χ1) is 19.9. The monoisotopic (exact) mass is 604 g/mol. The third kappa shape index (κ3) is 13.6. The van der Waals surface area contributed by atoms with E-state index in [1.54, 1.807) is 30.6 Å². The molecule has 2 rings (SSSR count). The van der Waals surface area contributed by atoms with Gasteiger partial charge in [-0.2, -0.15) is 0 Å². The second-order valence-corrected chi connectivity index (χ2v) is 13.6. The van der Waals surface area contributed by atoms with Crippen molar-refractivity contribution in [2.24, 2.45) is 16.8 Å². The van der Waals surface area contributed by atoms with Crippen molar-refractivity contribution >= 4 is 30.1 Å². The van der Waals surface area contributed by atoms with Gasteiger partial charge in [0, 0.05) is 38.8 Å². The number of amides is 3. The molecule has 2 N–H and O–H groups in total. The molecule has 0 radical (unpaired) electrons. The summed E-state index contributed by atoms with van der Waals surface area (Å²) in [6, 6.07) is -0.754. The maximum atomic E-state index is 13.3. The number of likely N-dealkylation sites (tertiary alicyclic amines) is 2. The van der Waals surface area contributed by atoms with Gasteiger partial charge < -0.3 is 29.7 Å². The second kappa shape index (κ2) is 15.9. The van der Waals surface area contributed by atoms with Gasteiger partial charge in [0.25, 0.3) is 0 Å². The number of allylic oxidation sites excluding steroid dienone is 1. The lowest BCUT2D eigenvalue weighted by Gasteiger charge is -2.35. The van der Waals surface area contributed by atoms with Crippen LogP contribution in [0.1, 0.15) is 93.4 Å². The first-order valence-corrected chi connectivity index (χ1v) is 15.3. The number of aliphatic imine (C=N–C) groups is 1. The standard InChI is InChI=1S/C32H52N4O7/c1-22(19-33-20-23(2)37)26(18-28(39)42-31(3,4)5)34-29(40)25-10-9-15-36(21-25)27(38)12-11-24-13-16-35(17-14-24)30(41)43-32(6,7)8/h19-20,24-26,37H,1,9-18,21H2,2-8H3,(H,34,40)/b23-20+,33-19?/t25-,26+/m1/s1. The fourth-order valence-electron chi connectivity index (χ4n) is 5.08. The van der Waals surface area contributed by atoms with Crippen molar-refractivity contribution in [2.75, 3.05) is 26.2 Å². The van der Waals surface area contributed by atoms with Gasteiger partial charge in [-0.1, -0.05) is 6.58 Å². The van der Waals surface area contributed by atoms with E-state index in [0.29, 0.717) is 56.9 Å². The molecule has 2 atom stereocenters. The Balaban J connectivity index is 1.91. The molecule has 0 bridgehead atoms. The molecule has 3 amide bonds. The molecule has 0 aromatic carbocycles. The molecule has 43 heavy (non-hydrogen) atoms. The molecular formula is C32H52N4O7. The molecule has 11 nitrogen and oxygen atoms in total. The van der Waals surface area contributed by atoms with Gasteiger partial charge >= 0.3 is 12.1 Å². The van der Waals surface area contributed by atoms with E-state index in [2.05, 4.69) is 16.9 Å². The summed E-state index contributed by atoms with van der Waals surface area (Å²) in [5.74, 6) is -0.768. The number of rotatable bonds is 10. The van der Waals surface area contributed by atoms with Gasteiger partial charge in [-0.15, -0.1) is 0 Å². The molecule has 0 aromatic rings. The van der Waals surface area contributed by atoms with E-state index < -0.39 is 29.1 Å². The number of piperidine rings is 2. The van der Waals surface area contributed by atoms with Gasteiger partial charge in [0.15, 0.2) is 0 Å². The summed E-state index contributed by atoms with van der Waals surface area (Å²) in [5, 5.41) is 12.3. The minimum atomic E-state index is -0.754. The van der Waals surface area contributed by atoms with E-state index in [4.69, 9.17) is 9.47 Å². The maximum Gasteiger partial charge on any atom is 0.410 e. The van der Waals surface area contributed by atoms with Crippen LogP contribution in [-0.4, -0.2) is 88.4 Å². The quantitative estimate of drug-likeness (QED) is 0.205. The van der Waals surface area contributed by atoms with Crippen LogP contribution in [0.15, 0.2) is 29.1 Å². The maximum absolute atomic E-state index is 13.3. The third-order valence-electron chi connectivity index (χ3n) is 7.23. The van der Waals surface area contributed by atoms with Crippen LogP contribution in [0.4, 0.5) is 4.79 Å². The van der Waals surface area contributed by atoms with Crippen LogP contribution in [-0.2, 0) is 23.9 Å². The fraction of sp³-hybridized carbons (Fsp3) is 0.719. The number of aliphatic hydroxyl groups is 1. The number of nitrogens with one attached hydrogen (secondary N) is 1. The Morgan fingerprint density at radius 2 is 1.63 bits per heavy atom. The van der Waals surface area contributed by atoms with Crippen molar-refractivity contribution in [3.05, 3.63) is 24.1 Å². The molecule has 0 spiro atoms. The lowest BCUT2D eigenvalue weighted by Crippen LogP contribution is -2.48. The highest BCUT2D eigenvalue weighted by Gasteiger charge is 2.32. The zero-order chi connectivity index (χ0) is 32.4. The number of carbonyl (C=O) groups excluding carboxylic acids is 4. The number of esters is 1. The van der Waals surface area contributed by atoms with Crippen LogP contribution in [0.5, 0.6) is 0 Å². The number of aliphatic hydroxyl groups excluding tert-OH is 1. The Morgan fingerprint density at radius 1 is 1.00 bits per heavy atom. The van der Waals surface area contributed by atoms with Gasteiger partial charge in [0.05, 0.1) is 24.6 Å². The first kappa shape index (κ1) is 35.8. The van der Waals surface area contributed by atoms with Gasteiger partial charge in [-0.25, -0.2) is 4.79 Å². The molecule has 242 valence electrons. The predicted octanol–water partition coefficient (Wildman–Crippen LogP) is 4.92. The number of nitrogens with zero attached hydrogens (tertiary/aromatic N) is 3. The Morgan fingerprint density at radius 3 is 2.21 bits per heavy atom. The fourth-order valence-corrected chi connectivity index (χ4v) is 5.08. The molecule has 2 fully saturated rings. The topological polar surface area (TPSA) is 138 Å². The van der Waals surface area contributed by atoms with Crippen molar-refractivity contribution in [3.8, 4) is 0 Å². The molecule has 2 aliphatic rings. The molecule has 0 unspecified atom stereocenters. The van der Waals surface area contributed by atoms with Crippen molar-refractivity contribution in [1.82, 2.24) is 15.1 Å². The van der Waals surface area contributed by atoms with Gasteiger partial charge in [0.2, 0.25) is 11.8 Å². The van der Waals surface area contributed by atoms with Crippen LogP contribution in [0.2, 0.25) is 0 Å². The Bertz CT molecular complexity index is 1060. The van der Waals surface area contributed by atoms with Crippen molar-refractivity contribution in [3.63, 3.8) is 0 Å². The highest BCUT2D eigenvalue weighted by atomic mass is 16.6. The summed E-state index contributed by atoms with van der Waals surface area (Å²) >= 11 is 0. The largest absolute Gasteiger partial charge is 0.511 e. The van der Waals surface area contributed by atoms with E-state index in [9.17, 15) is 24.3 Å². The predicted molar refractivity (Wildman–Crippen MR) is 165 cm³/mol. The molecular weight excluding hydrogens is 552 g/mol. The molecule has 0 saturated carbocycles. The summed E-state index contributed by atoms with van der Waals surface area (Å²) in [4.78, 5) is 58.8. The van der Waals surface area contributed by atoms with E-state index in [-0.39, 0.29) is 30.1 Å². The van der Waals surface area contributed by atoms with E-state index in [1.165, 1.54) is 19.3 Å². The van der Waals surface area contributed by atoms with Crippen LogP contribution < -0.4 is 5.32 Å². The van der Waals surface area contributed by atoms with E-state index in [0.717, 1.165) is 19.3 Å². The third-order valence-corrected chi connectivity index (χ3v) is 7.23. The minimum absolute atomic E-state index is 0.00926. The minimum Gasteiger partial charge on any atom is -0.511 e. The van der Waals surface area contributed by atoms with Gasteiger partial charge in [-0.05, 0) is 92.1 Å². The van der Waals surface area contributed by atoms with Crippen molar-refractivity contribution < 1.29 is 33.8 Å². The van der Waals surface area contributed by atoms with Crippen LogP contribution in [0.25, 0.3) is 0 Å². The Kier molecular flexibility index (Phi) is 13.3. The summed E-state index contributed by atoms with van der Waals surface area (Å²) in [6.07, 6.45) is 6.36. The van der Waals surface area contributed by atoms with Crippen LogP contribution in [0, 0.1) is 11.8 Å². The lowest BCUT2D eigenvalue weighted by atomic mass is 9.91. The number of ether oxygens (including phenoxy) is 2. The summed E-state index contributed by atoms with van der Waals surface area (Å²) < 4.78 is 10.9. The van der Waals surface area contributed by atoms with Crippen molar-refractivity contribution in [1.29, 1.82) is 0 Å². The molecule has 2 saturated heterocycles. The zero-order valence-corrected chi connectivity index (χ0v) is 27.1. The number of hydrogen-bond acceptors (Lipinski definition) is 8. The average molecular weight is 605 g/mol.